The minimum Gasteiger partial charge on any atom is -0.491 e. The van der Waals surface area contributed by atoms with Crippen LogP contribution in [0.15, 0.2) is 52.9 Å². The van der Waals surface area contributed by atoms with Crippen LogP contribution in [0.2, 0.25) is 0 Å². The minimum atomic E-state index is -3.71. The number of aromatic nitrogens is 1. The quantitative estimate of drug-likeness (QED) is 0.523. The van der Waals surface area contributed by atoms with Crippen molar-refractivity contribution in [2.24, 2.45) is 0 Å². The molecule has 0 aliphatic rings. The van der Waals surface area contributed by atoms with E-state index in [0.717, 1.165) is 22.4 Å². The molecule has 8 heteroatoms. The molecule has 7 nitrogen and oxygen atoms in total. The number of hydrogen-bond acceptors (Lipinski definition) is 6. The summed E-state index contributed by atoms with van der Waals surface area (Å²) in [6, 6.07) is 14.9. The number of ether oxygens (including phenoxy) is 1. The maximum atomic E-state index is 12.6. The van der Waals surface area contributed by atoms with Crippen molar-refractivity contribution in [3.05, 3.63) is 71.1 Å². The van der Waals surface area contributed by atoms with Crippen molar-refractivity contribution in [1.82, 2.24) is 10.3 Å². The lowest BCUT2D eigenvalue weighted by Gasteiger charge is -2.10. The summed E-state index contributed by atoms with van der Waals surface area (Å²) in [6.07, 6.45) is 0.0760. The molecule has 0 fully saturated rings. The molecule has 0 radical (unpaired) electrons. The van der Waals surface area contributed by atoms with Crippen LogP contribution in [-0.4, -0.2) is 31.2 Å². The van der Waals surface area contributed by atoms with Crippen molar-refractivity contribution in [1.29, 1.82) is 0 Å². The Kier molecular flexibility index (Phi) is 7.35. The Bertz CT molecular complexity index is 1160. The van der Waals surface area contributed by atoms with Crippen LogP contribution in [-0.2, 0) is 26.9 Å². The smallest absolute Gasteiger partial charge is 0.235 e. The maximum absolute atomic E-state index is 12.6. The first kappa shape index (κ1) is 23.5. The highest BCUT2D eigenvalue weighted by atomic mass is 32.2. The minimum absolute atomic E-state index is 0.0760. The van der Waals surface area contributed by atoms with Gasteiger partial charge in [0.1, 0.15) is 17.3 Å². The van der Waals surface area contributed by atoms with E-state index in [4.69, 9.17) is 9.15 Å². The van der Waals surface area contributed by atoms with Crippen LogP contribution >= 0.6 is 0 Å². The normalized spacial score (nSPS) is 11.5. The topological polar surface area (TPSA) is 98.5 Å². The van der Waals surface area contributed by atoms with E-state index in [0.29, 0.717) is 17.3 Å². The molecule has 0 spiro atoms. The molecule has 1 aromatic heterocycles. The van der Waals surface area contributed by atoms with E-state index in [1.807, 2.05) is 69.3 Å². The number of oxazole rings is 1. The number of benzene rings is 2. The molecule has 0 bridgehead atoms. The highest BCUT2D eigenvalue weighted by Crippen LogP contribution is 2.23. The molecule has 32 heavy (non-hydrogen) atoms. The number of nitrogens with zero attached hydrogens (tertiary/aromatic N) is 1. The van der Waals surface area contributed by atoms with Gasteiger partial charge in [-0.1, -0.05) is 29.8 Å². The van der Waals surface area contributed by atoms with E-state index in [2.05, 4.69) is 10.3 Å². The van der Waals surface area contributed by atoms with Crippen molar-refractivity contribution in [3.63, 3.8) is 0 Å². The molecule has 2 aromatic carbocycles. The van der Waals surface area contributed by atoms with Crippen LogP contribution in [0.5, 0.6) is 5.75 Å². The third kappa shape index (κ3) is 6.68. The Morgan fingerprint density at radius 1 is 1.06 bits per heavy atom. The Morgan fingerprint density at radius 2 is 1.72 bits per heavy atom. The van der Waals surface area contributed by atoms with Crippen LogP contribution < -0.4 is 10.1 Å². The van der Waals surface area contributed by atoms with Crippen molar-refractivity contribution in [2.75, 3.05) is 5.75 Å². The van der Waals surface area contributed by atoms with Gasteiger partial charge in [0, 0.05) is 12.1 Å². The standard InChI is InChI=1S/C24H28N2O5S/c1-16(2)30-21-11-7-19(8-12-21)13-25-23(27)15-32(28,29)14-22-18(4)31-24(26-22)20-9-5-17(3)6-10-20/h5-12,16H,13-15H2,1-4H3,(H,25,27). The Morgan fingerprint density at radius 3 is 2.34 bits per heavy atom. The van der Waals surface area contributed by atoms with Crippen LogP contribution in [0.3, 0.4) is 0 Å². The lowest BCUT2D eigenvalue weighted by molar-refractivity contribution is -0.118. The molecular formula is C24H28N2O5S. The number of rotatable bonds is 9. The van der Waals surface area contributed by atoms with Gasteiger partial charge in [0.2, 0.25) is 11.8 Å². The second-order valence-electron chi connectivity index (χ2n) is 8.01. The number of sulfone groups is 1. The third-order valence-electron chi connectivity index (χ3n) is 4.68. The molecule has 1 amide bonds. The van der Waals surface area contributed by atoms with E-state index in [1.54, 1.807) is 6.92 Å². The second kappa shape index (κ2) is 9.99. The number of nitrogens with one attached hydrogen (secondary N) is 1. The predicted octanol–water partition coefficient (Wildman–Crippen LogP) is 3.98. The molecule has 170 valence electrons. The molecule has 0 unspecified atom stereocenters. The van der Waals surface area contributed by atoms with Gasteiger partial charge in [0.05, 0.1) is 17.6 Å². The van der Waals surface area contributed by atoms with Gasteiger partial charge in [-0.15, -0.1) is 0 Å². The summed E-state index contributed by atoms with van der Waals surface area (Å²) in [6.45, 7) is 7.76. The first-order valence-electron chi connectivity index (χ1n) is 10.4. The SMILES string of the molecule is Cc1ccc(-c2nc(CS(=O)(=O)CC(=O)NCc3ccc(OC(C)C)cc3)c(C)o2)cc1. The average molecular weight is 457 g/mol. The molecule has 3 rings (SSSR count). The van der Waals surface area contributed by atoms with Crippen LogP contribution in [0.1, 0.15) is 36.4 Å². The Hall–Kier alpha value is -3.13. The lowest BCUT2D eigenvalue weighted by atomic mass is 10.1. The summed E-state index contributed by atoms with van der Waals surface area (Å²) in [7, 11) is -3.71. The number of hydrogen-bond donors (Lipinski definition) is 1. The molecule has 0 saturated carbocycles. The monoisotopic (exact) mass is 456 g/mol. The summed E-state index contributed by atoms with van der Waals surface area (Å²) < 4.78 is 36.3. The van der Waals surface area contributed by atoms with Crippen molar-refractivity contribution in [2.45, 2.75) is 46.1 Å². The van der Waals surface area contributed by atoms with Gasteiger partial charge in [0.15, 0.2) is 9.84 Å². The summed E-state index contributed by atoms with van der Waals surface area (Å²) in [5.74, 6) is -0.00955. The Balaban J connectivity index is 1.56. The summed E-state index contributed by atoms with van der Waals surface area (Å²) in [5.41, 5.74) is 3.03. The summed E-state index contributed by atoms with van der Waals surface area (Å²) in [5, 5.41) is 2.65. The molecule has 1 N–H and O–H groups in total. The highest BCUT2D eigenvalue weighted by molar-refractivity contribution is 7.91. The van der Waals surface area contributed by atoms with Gasteiger partial charge in [-0.05, 0) is 57.5 Å². The van der Waals surface area contributed by atoms with Crippen molar-refractivity contribution in [3.8, 4) is 17.2 Å². The number of carbonyl (C=O) groups excluding carboxylic acids is 1. The van der Waals surface area contributed by atoms with Gasteiger partial charge in [-0.25, -0.2) is 13.4 Å². The third-order valence-corrected chi connectivity index (χ3v) is 6.10. The van der Waals surface area contributed by atoms with E-state index in [-0.39, 0.29) is 18.4 Å². The molecule has 0 saturated heterocycles. The van der Waals surface area contributed by atoms with Gasteiger partial charge in [-0.3, -0.25) is 4.79 Å². The molecule has 0 aliphatic carbocycles. The van der Waals surface area contributed by atoms with E-state index >= 15 is 0 Å². The summed E-state index contributed by atoms with van der Waals surface area (Å²) in [4.78, 5) is 16.6. The van der Waals surface area contributed by atoms with E-state index < -0.39 is 21.5 Å². The van der Waals surface area contributed by atoms with E-state index in [1.165, 1.54) is 0 Å². The second-order valence-corrected chi connectivity index (χ2v) is 10.1. The molecule has 1 heterocycles. The molecule has 0 atom stereocenters. The average Bonchev–Trinajstić information content (AvgIpc) is 3.06. The zero-order chi connectivity index (χ0) is 23.3. The first-order chi connectivity index (χ1) is 15.1. The molecule has 0 aliphatic heterocycles. The van der Waals surface area contributed by atoms with Gasteiger partial charge in [0.25, 0.3) is 0 Å². The maximum Gasteiger partial charge on any atom is 0.235 e. The largest absolute Gasteiger partial charge is 0.491 e. The van der Waals surface area contributed by atoms with Crippen LogP contribution in [0.4, 0.5) is 0 Å². The van der Waals surface area contributed by atoms with Crippen molar-refractivity contribution >= 4 is 15.7 Å². The van der Waals surface area contributed by atoms with Crippen LogP contribution in [0.25, 0.3) is 11.5 Å². The van der Waals surface area contributed by atoms with Gasteiger partial charge >= 0.3 is 0 Å². The van der Waals surface area contributed by atoms with Gasteiger partial charge < -0.3 is 14.5 Å². The Labute approximate surface area is 188 Å². The number of aryl methyl sites for hydroxylation is 2. The fourth-order valence-electron chi connectivity index (χ4n) is 3.05. The number of carbonyl (C=O) groups is 1. The number of amides is 1. The zero-order valence-corrected chi connectivity index (χ0v) is 19.5. The highest BCUT2D eigenvalue weighted by Gasteiger charge is 2.22. The van der Waals surface area contributed by atoms with Crippen LogP contribution in [0, 0.1) is 13.8 Å². The summed E-state index contributed by atoms with van der Waals surface area (Å²) >= 11 is 0. The fourth-order valence-corrected chi connectivity index (χ4v) is 4.34. The first-order valence-corrected chi connectivity index (χ1v) is 12.2. The van der Waals surface area contributed by atoms with E-state index in [9.17, 15) is 13.2 Å². The molecular weight excluding hydrogens is 428 g/mol. The zero-order valence-electron chi connectivity index (χ0n) is 18.7. The van der Waals surface area contributed by atoms with Gasteiger partial charge in [-0.2, -0.15) is 0 Å². The van der Waals surface area contributed by atoms with Crippen molar-refractivity contribution < 1.29 is 22.4 Å². The predicted molar refractivity (Wildman–Crippen MR) is 123 cm³/mol. The lowest BCUT2D eigenvalue weighted by Crippen LogP contribution is -2.30. The fraction of sp³-hybridized carbons (Fsp3) is 0.333. The molecule has 3 aromatic rings.